The standard InChI is InChI=1S/C24H19F3N2O3S/c1-12-5-4-6-15(11-12)19-18(20(30)22-13(2)28-14(3)33-22)21(31)23(32)29(19)17-9-7-16(8-10-17)24(25,26)27/h4-11,19,31H,1-3H3. The van der Waals surface area contributed by atoms with Crippen molar-refractivity contribution in [2.45, 2.75) is 33.0 Å². The van der Waals surface area contributed by atoms with Crippen molar-refractivity contribution < 1.29 is 27.9 Å². The van der Waals surface area contributed by atoms with E-state index in [2.05, 4.69) is 4.98 Å². The number of amides is 1. The molecule has 1 atom stereocenters. The van der Waals surface area contributed by atoms with E-state index < -0.39 is 35.2 Å². The van der Waals surface area contributed by atoms with E-state index in [-0.39, 0.29) is 11.3 Å². The molecule has 0 spiro atoms. The number of carbonyl (C=O) groups is 2. The van der Waals surface area contributed by atoms with Gasteiger partial charge in [0, 0.05) is 5.69 Å². The number of hydrogen-bond acceptors (Lipinski definition) is 5. The molecule has 2 heterocycles. The highest BCUT2D eigenvalue weighted by Gasteiger charge is 2.45. The van der Waals surface area contributed by atoms with Crippen molar-refractivity contribution in [3.05, 3.63) is 92.1 Å². The normalized spacial score (nSPS) is 16.6. The zero-order chi connectivity index (χ0) is 24.1. The number of aliphatic hydroxyl groups is 1. The maximum atomic E-state index is 13.5. The van der Waals surface area contributed by atoms with E-state index >= 15 is 0 Å². The van der Waals surface area contributed by atoms with Gasteiger partial charge in [0.2, 0.25) is 5.78 Å². The second kappa shape index (κ2) is 8.15. The first-order valence-corrected chi connectivity index (χ1v) is 10.8. The smallest absolute Gasteiger partial charge is 0.416 e. The van der Waals surface area contributed by atoms with E-state index in [1.807, 2.05) is 13.0 Å². The molecule has 1 aliphatic heterocycles. The molecule has 0 aliphatic carbocycles. The molecule has 3 aromatic rings. The van der Waals surface area contributed by atoms with E-state index in [1.165, 1.54) is 0 Å². The Balaban J connectivity index is 1.87. The van der Waals surface area contributed by atoms with Crippen LogP contribution in [0.25, 0.3) is 0 Å². The minimum atomic E-state index is -4.54. The number of aryl methyl sites for hydroxylation is 3. The zero-order valence-corrected chi connectivity index (χ0v) is 18.7. The van der Waals surface area contributed by atoms with Crippen molar-refractivity contribution in [2.75, 3.05) is 4.90 Å². The summed E-state index contributed by atoms with van der Waals surface area (Å²) in [5.74, 6) is -2.12. The van der Waals surface area contributed by atoms with Gasteiger partial charge >= 0.3 is 6.18 Å². The summed E-state index contributed by atoms with van der Waals surface area (Å²) in [5, 5.41) is 11.4. The molecule has 1 aromatic heterocycles. The molecule has 0 saturated carbocycles. The predicted molar refractivity (Wildman–Crippen MR) is 118 cm³/mol. The fraction of sp³-hybridized carbons (Fsp3) is 0.208. The van der Waals surface area contributed by atoms with Crippen molar-refractivity contribution in [3.63, 3.8) is 0 Å². The average molecular weight is 472 g/mol. The van der Waals surface area contributed by atoms with Crippen LogP contribution in [0.1, 0.15) is 43.1 Å². The summed E-state index contributed by atoms with van der Waals surface area (Å²) < 4.78 is 39.1. The van der Waals surface area contributed by atoms with Crippen LogP contribution in [-0.2, 0) is 11.0 Å². The molecule has 33 heavy (non-hydrogen) atoms. The number of aliphatic hydroxyl groups excluding tert-OH is 1. The largest absolute Gasteiger partial charge is 0.503 e. The van der Waals surface area contributed by atoms with Crippen LogP contribution in [0, 0.1) is 20.8 Å². The fourth-order valence-corrected chi connectivity index (χ4v) is 4.81. The Morgan fingerprint density at radius 1 is 1.09 bits per heavy atom. The number of ketones is 1. The lowest BCUT2D eigenvalue weighted by atomic mass is 9.94. The minimum Gasteiger partial charge on any atom is -0.503 e. The number of aromatic nitrogens is 1. The Bertz CT molecular complexity index is 1290. The first-order chi connectivity index (χ1) is 15.5. The number of anilines is 1. The highest BCUT2D eigenvalue weighted by molar-refractivity contribution is 7.14. The first kappa shape index (κ1) is 22.7. The fourth-order valence-electron chi connectivity index (χ4n) is 3.93. The van der Waals surface area contributed by atoms with Gasteiger partial charge in [0.05, 0.1) is 32.8 Å². The number of nitrogens with zero attached hydrogens (tertiary/aromatic N) is 2. The monoisotopic (exact) mass is 472 g/mol. The maximum absolute atomic E-state index is 13.5. The summed E-state index contributed by atoms with van der Waals surface area (Å²) in [4.78, 5) is 32.3. The van der Waals surface area contributed by atoms with Crippen molar-refractivity contribution in [1.82, 2.24) is 4.98 Å². The summed E-state index contributed by atoms with van der Waals surface area (Å²) in [6, 6.07) is 10.1. The molecular weight excluding hydrogens is 453 g/mol. The van der Waals surface area contributed by atoms with Crippen LogP contribution in [0.3, 0.4) is 0 Å². The topological polar surface area (TPSA) is 70.5 Å². The summed E-state index contributed by atoms with van der Waals surface area (Å²) in [7, 11) is 0. The summed E-state index contributed by atoms with van der Waals surface area (Å²) in [6.45, 7) is 5.25. The van der Waals surface area contributed by atoms with Gasteiger partial charge in [0.15, 0.2) is 5.76 Å². The van der Waals surface area contributed by atoms with Crippen molar-refractivity contribution in [3.8, 4) is 0 Å². The summed E-state index contributed by atoms with van der Waals surface area (Å²) in [5.41, 5.74) is 1.02. The Morgan fingerprint density at radius 3 is 2.30 bits per heavy atom. The Kier molecular flexibility index (Phi) is 5.61. The van der Waals surface area contributed by atoms with Gasteiger partial charge in [-0.3, -0.25) is 14.5 Å². The predicted octanol–water partition coefficient (Wildman–Crippen LogP) is 5.87. The zero-order valence-electron chi connectivity index (χ0n) is 17.9. The molecule has 170 valence electrons. The van der Waals surface area contributed by atoms with E-state index in [4.69, 9.17) is 0 Å². The van der Waals surface area contributed by atoms with Crippen molar-refractivity contribution in [2.24, 2.45) is 0 Å². The Hall–Kier alpha value is -3.46. The molecule has 9 heteroatoms. The number of alkyl halides is 3. The average Bonchev–Trinajstić information content (AvgIpc) is 3.22. The second-order valence-corrected chi connectivity index (χ2v) is 8.98. The van der Waals surface area contributed by atoms with Crippen molar-refractivity contribution >= 4 is 28.7 Å². The molecule has 1 unspecified atom stereocenters. The highest BCUT2D eigenvalue weighted by Crippen LogP contribution is 2.43. The Labute approximate surface area is 191 Å². The van der Waals surface area contributed by atoms with Crippen LogP contribution in [0.15, 0.2) is 59.9 Å². The van der Waals surface area contributed by atoms with Crippen LogP contribution in [0.4, 0.5) is 18.9 Å². The van der Waals surface area contributed by atoms with Crippen LogP contribution in [0.2, 0.25) is 0 Å². The summed E-state index contributed by atoms with van der Waals surface area (Å²) in [6.07, 6.45) is -4.54. The number of carbonyl (C=O) groups excluding carboxylic acids is 2. The van der Waals surface area contributed by atoms with Gasteiger partial charge in [-0.25, -0.2) is 4.98 Å². The van der Waals surface area contributed by atoms with E-state index in [1.54, 1.807) is 32.0 Å². The van der Waals surface area contributed by atoms with Crippen LogP contribution in [0.5, 0.6) is 0 Å². The van der Waals surface area contributed by atoms with Gasteiger partial charge in [0.25, 0.3) is 5.91 Å². The molecule has 1 N–H and O–H groups in total. The van der Waals surface area contributed by atoms with Gasteiger partial charge in [-0.1, -0.05) is 29.8 Å². The van der Waals surface area contributed by atoms with Gasteiger partial charge in [-0.2, -0.15) is 13.2 Å². The van der Waals surface area contributed by atoms with E-state index in [0.29, 0.717) is 21.1 Å². The molecule has 0 fully saturated rings. The molecular formula is C24H19F3N2O3S. The number of rotatable bonds is 4. The van der Waals surface area contributed by atoms with Gasteiger partial charge in [-0.05, 0) is 50.6 Å². The maximum Gasteiger partial charge on any atom is 0.416 e. The molecule has 1 amide bonds. The van der Waals surface area contributed by atoms with Crippen LogP contribution in [-0.4, -0.2) is 21.8 Å². The Morgan fingerprint density at radius 2 is 1.76 bits per heavy atom. The number of Topliss-reactive ketones (excluding diaryl/α,β-unsaturated/α-hetero) is 1. The summed E-state index contributed by atoms with van der Waals surface area (Å²) >= 11 is 1.15. The van der Waals surface area contributed by atoms with Gasteiger partial charge < -0.3 is 5.11 Å². The van der Waals surface area contributed by atoms with Gasteiger partial charge in [0.1, 0.15) is 0 Å². The third kappa shape index (κ3) is 4.04. The molecule has 2 aromatic carbocycles. The molecule has 0 saturated heterocycles. The quantitative estimate of drug-likeness (QED) is 0.482. The van der Waals surface area contributed by atoms with Crippen molar-refractivity contribution in [1.29, 1.82) is 0 Å². The van der Waals surface area contributed by atoms with E-state index in [0.717, 1.165) is 46.1 Å². The SMILES string of the molecule is Cc1cccc(C2C(C(=O)c3sc(C)nc3C)=C(O)C(=O)N2c2ccc(C(F)(F)F)cc2)c1. The third-order valence-electron chi connectivity index (χ3n) is 5.39. The van der Waals surface area contributed by atoms with Crippen LogP contribution >= 0.6 is 11.3 Å². The molecule has 4 rings (SSSR count). The molecule has 1 aliphatic rings. The molecule has 0 radical (unpaired) electrons. The van der Waals surface area contributed by atoms with E-state index in [9.17, 15) is 27.9 Å². The first-order valence-electron chi connectivity index (χ1n) is 9.98. The number of thiazole rings is 1. The number of hydrogen-bond donors (Lipinski definition) is 1. The lowest BCUT2D eigenvalue weighted by Crippen LogP contribution is -2.31. The lowest BCUT2D eigenvalue weighted by Gasteiger charge is -2.27. The number of benzene rings is 2. The lowest BCUT2D eigenvalue weighted by molar-refractivity contribution is -0.137. The second-order valence-electron chi connectivity index (χ2n) is 7.78. The van der Waals surface area contributed by atoms with Crippen LogP contribution < -0.4 is 4.90 Å². The third-order valence-corrected chi connectivity index (χ3v) is 6.46. The highest BCUT2D eigenvalue weighted by atomic mass is 32.1. The number of halogens is 3. The van der Waals surface area contributed by atoms with Gasteiger partial charge in [-0.15, -0.1) is 11.3 Å². The molecule has 5 nitrogen and oxygen atoms in total. The minimum absolute atomic E-state index is 0.128. The molecule has 0 bridgehead atoms.